The lowest BCUT2D eigenvalue weighted by atomic mass is 10.2. The molecule has 3 N–H and O–H groups in total. The van der Waals surface area contributed by atoms with Crippen molar-refractivity contribution in [1.29, 1.82) is 0 Å². The molecule has 0 aromatic heterocycles. The van der Waals surface area contributed by atoms with E-state index in [1.54, 1.807) is 17.1 Å². The Morgan fingerprint density at radius 2 is 2.36 bits per heavy atom. The molecule has 74 valence electrons. The maximum atomic E-state index is 11.5. The molecule has 1 fully saturated rings. The first-order valence-electron chi connectivity index (χ1n) is 4.61. The largest absolute Gasteiger partial charge is 0.399 e. The van der Waals surface area contributed by atoms with Gasteiger partial charge in [-0.25, -0.2) is 10.4 Å². The van der Waals surface area contributed by atoms with Crippen molar-refractivity contribution in [2.45, 2.75) is 19.4 Å². The summed E-state index contributed by atoms with van der Waals surface area (Å²) in [5.74, 6) is 0.0862. The van der Waals surface area contributed by atoms with Crippen LogP contribution in [0, 0.1) is 0 Å². The maximum Gasteiger partial charge on any atom is 0.242 e. The van der Waals surface area contributed by atoms with Gasteiger partial charge in [0.15, 0.2) is 0 Å². The molecule has 0 saturated carbocycles. The number of nitrogens with two attached hydrogens (primary N) is 1. The molecule has 0 spiro atoms. The Kier molecular flexibility index (Phi) is 2.13. The van der Waals surface area contributed by atoms with Crippen LogP contribution in [0.25, 0.3) is 0 Å². The zero-order valence-electron chi connectivity index (χ0n) is 8.03. The van der Waals surface area contributed by atoms with Crippen LogP contribution in [-0.4, -0.2) is 11.9 Å². The number of hydrazine groups is 1. The van der Waals surface area contributed by atoms with Crippen LogP contribution < -0.4 is 16.2 Å². The van der Waals surface area contributed by atoms with E-state index >= 15 is 0 Å². The van der Waals surface area contributed by atoms with E-state index in [-0.39, 0.29) is 11.9 Å². The van der Waals surface area contributed by atoms with Crippen molar-refractivity contribution < 1.29 is 4.79 Å². The van der Waals surface area contributed by atoms with E-state index in [0.29, 0.717) is 12.1 Å². The fourth-order valence-corrected chi connectivity index (χ4v) is 1.57. The van der Waals surface area contributed by atoms with E-state index in [4.69, 9.17) is 5.73 Å². The Labute approximate surface area is 82.7 Å². The Bertz CT molecular complexity index is 364. The third kappa shape index (κ3) is 1.56. The van der Waals surface area contributed by atoms with Crippen LogP contribution in [0.3, 0.4) is 0 Å². The van der Waals surface area contributed by atoms with Crippen molar-refractivity contribution in [3.05, 3.63) is 24.3 Å². The number of nitrogen functional groups attached to an aromatic ring is 1. The van der Waals surface area contributed by atoms with Crippen LogP contribution in [0.4, 0.5) is 11.4 Å². The smallest absolute Gasteiger partial charge is 0.242 e. The lowest BCUT2D eigenvalue weighted by molar-refractivity contribution is -0.117. The highest BCUT2D eigenvalue weighted by Gasteiger charge is 2.26. The minimum Gasteiger partial charge on any atom is -0.399 e. The summed E-state index contributed by atoms with van der Waals surface area (Å²) in [6.07, 6.45) is 0.537. The summed E-state index contributed by atoms with van der Waals surface area (Å²) < 4.78 is 0. The van der Waals surface area contributed by atoms with Crippen molar-refractivity contribution in [3.8, 4) is 0 Å². The van der Waals surface area contributed by atoms with Crippen molar-refractivity contribution in [2.75, 3.05) is 10.7 Å². The van der Waals surface area contributed by atoms with Gasteiger partial charge in [-0.05, 0) is 25.1 Å². The highest BCUT2D eigenvalue weighted by atomic mass is 16.2. The molecule has 0 radical (unpaired) electrons. The summed E-state index contributed by atoms with van der Waals surface area (Å²) in [5.41, 5.74) is 10.2. The molecule has 1 atom stereocenters. The molecule has 4 nitrogen and oxygen atoms in total. The zero-order valence-corrected chi connectivity index (χ0v) is 8.03. The first-order chi connectivity index (χ1) is 6.66. The van der Waals surface area contributed by atoms with Gasteiger partial charge < -0.3 is 5.73 Å². The van der Waals surface area contributed by atoms with Gasteiger partial charge in [0, 0.05) is 18.2 Å². The molecule has 0 bridgehead atoms. The number of hydrogen-bond acceptors (Lipinski definition) is 3. The maximum absolute atomic E-state index is 11.5. The number of hydrogen-bond donors (Lipinski definition) is 2. The van der Waals surface area contributed by atoms with Crippen LogP contribution in [-0.2, 0) is 4.79 Å². The van der Waals surface area contributed by atoms with Crippen molar-refractivity contribution >= 4 is 17.3 Å². The van der Waals surface area contributed by atoms with Gasteiger partial charge in [-0.3, -0.25) is 4.79 Å². The second-order valence-electron chi connectivity index (χ2n) is 3.56. The highest BCUT2D eigenvalue weighted by molar-refractivity contribution is 5.95. The molecule has 1 heterocycles. The molecular weight excluding hydrogens is 178 g/mol. The molecule has 0 aliphatic carbocycles. The highest BCUT2D eigenvalue weighted by Crippen LogP contribution is 2.20. The molecule has 1 unspecified atom stereocenters. The van der Waals surface area contributed by atoms with Gasteiger partial charge in [0.1, 0.15) is 0 Å². The summed E-state index contributed by atoms with van der Waals surface area (Å²) >= 11 is 0. The zero-order chi connectivity index (χ0) is 10.1. The third-order valence-corrected chi connectivity index (χ3v) is 2.21. The Morgan fingerprint density at radius 1 is 1.57 bits per heavy atom. The van der Waals surface area contributed by atoms with E-state index in [1.165, 1.54) is 0 Å². The number of rotatable bonds is 1. The number of anilines is 2. The Hall–Kier alpha value is -1.55. The van der Waals surface area contributed by atoms with Gasteiger partial charge in [0.25, 0.3) is 0 Å². The average Bonchev–Trinajstić information content (AvgIpc) is 2.45. The fraction of sp³-hybridized carbons (Fsp3) is 0.300. The predicted molar refractivity (Wildman–Crippen MR) is 55.6 cm³/mol. The van der Waals surface area contributed by atoms with Crippen LogP contribution >= 0.6 is 0 Å². The van der Waals surface area contributed by atoms with Gasteiger partial charge in [-0.15, -0.1) is 0 Å². The fourth-order valence-electron chi connectivity index (χ4n) is 1.57. The topological polar surface area (TPSA) is 58.4 Å². The summed E-state index contributed by atoms with van der Waals surface area (Å²) in [5, 5.41) is 1.56. The van der Waals surface area contributed by atoms with Crippen LogP contribution in [0.15, 0.2) is 24.3 Å². The quantitative estimate of drug-likeness (QED) is 0.648. The van der Waals surface area contributed by atoms with Gasteiger partial charge in [-0.1, -0.05) is 6.07 Å². The lowest BCUT2D eigenvalue weighted by Gasteiger charge is -2.16. The van der Waals surface area contributed by atoms with Crippen LogP contribution in [0.1, 0.15) is 13.3 Å². The number of carbonyl (C=O) groups is 1. The third-order valence-electron chi connectivity index (χ3n) is 2.21. The normalized spacial score (nSPS) is 21.6. The molecular formula is C10H13N3O. The number of amides is 1. The summed E-state index contributed by atoms with van der Waals surface area (Å²) in [4.78, 5) is 11.5. The molecule has 1 amide bonds. The molecule has 1 aliphatic rings. The van der Waals surface area contributed by atoms with Crippen LogP contribution in [0.2, 0.25) is 0 Å². The predicted octanol–water partition coefficient (Wildman–Crippen LogP) is 0.899. The minimum atomic E-state index is 0.0862. The average molecular weight is 191 g/mol. The first-order valence-corrected chi connectivity index (χ1v) is 4.61. The SMILES string of the molecule is CC1CC(=O)N(c2cccc(N)c2)N1. The molecule has 1 aromatic rings. The Morgan fingerprint density at radius 3 is 2.93 bits per heavy atom. The number of benzene rings is 1. The van der Waals surface area contributed by atoms with Crippen molar-refractivity contribution in [3.63, 3.8) is 0 Å². The molecule has 4 heteroatoms. The summed E-state index contributed by atoms with van der Waals surface area (Å²) in [6.45, 7) is 1.98. The van der Waals surface area contributed by atoms with Crippen molar-refractivity contribution in [2.24, 2.45) is 0 Å². The van der Waals surface area contributed by atoms with Crippen LogP contribution in [0.5, 0.6) is 0 Å². The standard InChI is InChI=1S/C10H13N3O/c1-7-5-10(14)13(12-7)9-4-2-3-8(11)6-9/h2-4,6-7,12H,5,11H2,1H3. The summed E-state index contributed by atoms with van der Waals surface area (Å²) in [6, 6.07) is 7.47. The minimum absolute atomic E-state index is 0.0862. The second-order valence-corrected chi connectivity index (χ2v) is 3.56. The molecule has 1 aromatic carbocycles. The van der Waals surface area contributed by atoms with E-state index in [1.807, 2.05) is 19.1 Å². The molecule has 1 saturated heterocycles. The number of nitrogens with one attached hydrogen (secondary N) is 1. The molecule has 2 rings (SSSR count). The monoisotopic (exact) mass is 191 g/mol. The van der Waals surface area contributed by atoms with E-state index in [0.717, 1.165) is 5.69 Å². The number of carbonyl (C=O) groups excluding carboxylic acids is 1. The lowest BCUT2D eigenvalue weighted by Crippen LogP contribution is -2.36. The van der Waals surface area contributed by atoms with Gasteiger partial charge in [0.05, 0.1) is 5.69 Å². The molecule has 14 heavy (non-hydrogen) atoms. The van der Waals surface area contributed by atoms with Gasteiger partial charge in [-0.2, -0.15) is 0 Å². The summed E-state index contributed by atoms with van der Waals surface area (Å²) in [7, 11) is 0. The first kappa shape index (κ1) is 9.02. The van der Waals surface area contributed by atoms with E-state index in [9.17, 15) is 4.79 Å². The van der Waals surface area contributed by atoms with Crippen molar-refractivity contribution in [1.82, 2.24) is 5.43 Å². The number of nitrogens with zero attached hydrogens (tertiary/aromatic N) is 1. The van der Waals surface area contributed by atoms with E-state index < -0.39 is 0 Å². The van der Waals surface area contributed by atoms with E-state index in [2.05, 4.69) is 5.43 Å². The second kappa shape index (κ2) is 3.31. The molecule has 1 aliphatic heterocycles. The van der Waals surface area contributed by atoms with Gasteiger partial charge in [0.2, 0.25) is 5.91 Å². The Balaban J connectivity index is 2.27. The van der Waals surface area contributed by atoms with Gasteiger partial charge >= 0.3 is 0 Å².